The summed E-state index contributed by atoms with van der Waals surface area (Å²) >= 11 is 12.6. The molecule has 0 aliphatic rings. The zero-order valence-corrected chi connectivity index (χ0v) is 16.7. The summed E-state index contributed by atoms with van der Waals surface area (Å²) in [6.45, 7) is 0. The molecule has 1 N–H and O–H groups in total. The van der Waals surface area contributed by atoms with Gasteiger partial charge < -0.3 is 5.32 Å². The minimum Gasteiger partial charge on any atom is -0.309 e. The summed E-state index contributed by atoms with van der Waals surface area (Å²) in [6.07, 6.45) is 0. The van der Waals surface area contributed by atoms with Crippen molar-refractivity contribution in [1.82, 2.24) is 5.32 Å². The smallest absolute Gasteiger partial charge is 0.0761 e. The summed E-state index contributed by atoms with van der Waals surface area (Å²) in [5.74, 6) is 0. The zero-order chi connectivity index (χ0) is 15.0. The maximum Gasteiger partial charge on any atom is 0.0761 e. The largest absolute Gasteiger partial charge is 0.309 e. The van der Waals surface area contributed by atoms with Crippen molar-refractivity contribution in [1.29, 1.82) is 0 Å². The molecule has 0 aliphatic heterocycles. The molecule has 21 heavy (non-hydrogen) atoms. The summed E-state index contributed by atoms with van der Waals surface area (Å²) in [7, 11) is 2.00. The van der Waals surface area contributed by atoms with E-state index in [1.165, 1.54) is 21.9 Å². The van der Waals surface area contributed by atoms with Crippen LogP contribution in [-0.4, -0.2) is 7.05 Å². The van der Waals surface area contributed by atoms with Crippen LogP contribution in [0.4, 0.5) is 0 Å². The number of hydrogen-bond donors (Lipinski definition) is 1. The molecule has 0 amide bonds. The van der Waals surface area contributed by atoms with Crippen LogP contribution in [0.3, 0.4) is 0 Å². The van der Waals surface area contributed by atoms with Gasteiger partial charge in [0.15, 0.2) is 0 Å². The first kappa shape index (κ1) is 15.7. The highest BCUT2D eigenvalue weighted by Crippen LogP contribution is 2.40. The van der Waals surface area contributed by atoms with Crippen LogP contribution >= 0.6 is 59.1 Å². The molecule has 2 aromatic carbocycles. The molecule has 3 aromatic rings. The summed E-state index contributed by atoms with van der Waals surface area (Å²) in [5.41, 5.74) is 2.53. The Balaban J connectivity index is 2.22. The van der Waals surface area contributed by atoms with Gasteiger partial charge in [-0.3, -0.25) is 0 Å². The standard InChI is InChI=1S/C16H12Br3NS/c1-20-15(12-8-14(18)21-16(12)19)11-6-7-13(17)10-5-3-2-4-9(10)11/h2-8,15,20H,1H3. The Morgan fingerprint density at radius 2 is 1.67 bits per heavy atom. The van der Waals surface area contributed by atoms with Crippen LogP contribution in [0.2, 0.25) is 0 Å². The highest BCUT2D eigenvalue weighted by atomic mass is 79.9. The van der Waals surface area contributed by atoms with E-state index >= 15 is 0 Å². The Morgan fingerprint density at radius 1 is 0.952 bits per heavy atom. The van der Waals surface area contributed by atoms with Crippen LogP contribution in [-0.2, 0) is 0 Å². The third kappa shape index (κ3) is 2.99. The molecule has 0 saturated heterocycles. The van der Waals surface area contributed by atoms with Crippen molar-refractivity contribution in [3.05, 3.63) is 65.6 Å². The second-order valence-electron chi connectivity index (χ2n) is 4.68. The topological polar surface area (TPSA) is 12.0 Å². The minimum atomic E-state index is 0.153. The minimum absolute atomic E-state index is 0.153. The monoisotopic (exact) mass is 487 g/mol. The molecule has 1 nitrogen and oxygen atoms in total. The van der Waals surface area contributed by atoms with Crippen LogP contribution < -0.4 is 5.32 Å². The number of hydrogen-bond acceptors (Lipinski definition) is 2. The maximum absolute atomic E-state index is 3.67. The van der Waals surface area contributed by atoms with Crippen LogP contribution in [0.1, 0.15) is 17.2 Å². The average Bonchev–Trinajstić information content (AvgIpc) is 2.81. The number of halogens is 3. The van der Waals surface area contributed by atoms with Crippen molar-refractivity contribution in [2.75, 3.05) is 7.05 Å². The Morgan fingerprint density at radius 3 is 2.29 bits per heavy atom. The van der Waals surface area contributed by atoms with E-state index in [0.29, 0.717) is 0 Å². The normalized spacial score (nSPS) is 12.8. The quantitative estimate of drug-likeness (QED) is 0.443. The third-order valence-corrected chi connectivity index (χ3v) is 6.58. The molecule has 0 saturated carbocycles. The van der Waals surface area contributed by atoms with Crippen LogP contribution in [0.25, 0.3) is 10.8 Å². The van der Waals surface area contributed by atoms with E-state index in [1.807, 2.05) is 7.05 Å². The second-order valence-corrected chi connectivity index (χ2v) is 9.29. The summed E-state index contributed by atoms with van der Waals surface area (Å²) in [5, 5.41) is 5.94. The average molecular weight is 490 g/mol. The molecule has 0 spiro atoms. The fourth-order valence-electron chi connectivity index (χ4n) is 2.57. The van der Waals surface area contributed by atoms with Crippen molar-refractivity contribution >= 4 is 69.9 Å². The summed E-state index contributed by atoms with van der Waals surface area (Å²) in [6, 6.07) is 15.1. The summed E-state index contributed by atoms with van der Waals surface area (Å²) in [4.78, 5) is 0. The van der Waals surface area contributed by atoms with E-state index < -0.39 is 0 Å². The number of fused-ring (bicyclic) bond motifs is 1. The molecular weight excluding hydrogens is 478 g/mol. The number of benzene rings is 2. The lowest BCUT2D eigenvalue weighted by atomic mass is 9.95. The zero-order valence-electron chi connectivity index (χ0n) is 11.2. The lowest BCUT2D eigenvalue weighted by Crippen LogP contribution is -2.17. The van der Waals surface area contributed by atoms with Crippen molar-refractivity contribution in [2.45, 2.75) is 6.04 Å². The predicted octanol–water partition coefficient (Wildman–Crippen LogP) is 6.50. The Hall–Kier alpha value is -0.200. The molecule has 0 aliphatic carbocycles. The predicted molar refractivity (Wildman–Crippen MR) is 102 cm³/mol. The number of rotatable bonds is 3. The van der Waals surface area contributed by atoms with Gasteiger partial charge in [0.1, 0.15) is 0 Å². The van der Waals surface area contributed by atoms with Gasteiger partial charge in [-0.1, -0.05) is 46.3 Å². The highest BCUT2D eigenvalue weighted by molar-refractivity contribution is 9.12. The van der Waals surface area contributed by atoms with Gasteiger partial charge in [0.25, 0.3) is 0 Å². The molecule has 1 unspecified atom stereocenters. The molecule has 0 fully saturated rings. The summed E-state index contributed by atoms with van der Waals surface area (Å²) < 4.78 is 3.41. The molecule has 5 heteroatoms. The van der Waals surface area contributed by atoms with E-state index in [2.05, 4.69) is 95.6 Å². The van der Waals surface area contributed by atoms with Gasteiger partial charge in [0, 0.05) is 4.47 Å². The fraction of sp³-hybridized carbons (Fsp3) is 0.125. The van der Waals surface area contributed by atoms with E-state index in [0.717, 1.165) is 12.0 Å². The van der Waals surface area contributed by atoms with E-state index in [9.17, 15) is 0 Å². The van der Waals surface area contributed by atoms with Gasteiger partial charge in [-0.05, 0) is 72.9 Å². The maximum atomic E-state index is 3.67. The van der Waals surface area contributed by atoms with Gasteiger partial charge in [-0.15, -0.1) is 11.3 Å². The van der Waals surface area contributed by atoms with Crippen molar-refractivity contribution < 1.29 is 0 Å². The molecule has 108 valence electrons. The van der Waals surface area contributed by atoms with Crippen molar-refractivity contribution in [2.24, 2.45) is 0 Å². The van der Waals surface area contributed by atoms with Crippen LogP contribution in [0, 0.1) is 0 Å². The van der Waals surface area contributed by atoms with Gasteiger partial charge in [0.2, 0.25) is 0 Å². The van der Waals surface area contributed by atoms with Gasteiger partial charge in [-0.25, -0.2) is 0 Å². The van der Waals surface area contributed by atoms with E-state index in [1.54, 1.807) is 11.3 Å². The SMILES string of the molecule is CNC(c1cc(Br)sc1Br)c1ccc(Br)c2ccccc12. The molecule has 3 rings (SSSR count). The first-order chi connectivity index (χ1) is 10.1. The second kappa shape index (κ2) is 6.50. The molecule has 0 radical (unpaired) electrons. The van der Waals surface area contributed by atoms with Gasteiger partial charge in [-0.2, -0.15) is 0 Å². The third-order valence-electron chi connectivity index (χ3n) is 3.50. The fourth-order valence-corrected chi connectivity index (χ4v) is 5.95. The molecule has 1 heterocycles. The Labute approximate surface area is 153 Å². The molecular formula is C16H12Br3NS. The molecule has 1 aromatic heterocycles. The van der Waals surface area contributed by atoms with Crippen molar-refractivity contribution in [3.63, 3.8) is 0 Å². The highest BCUT2D eigenvalue weighted by Gasteiger charge is 2.20. The van der Waals surface area contributed by atoms with E-state index in [-0.39, 0.29) is 6.04 Å². The first-order valence-electron chi connectivity index (χ1n) is 6.41. The molecule has 0 bridgehead atoms. The first-order valence-corrected chi connectivity index (χ1v) is 9.60. The van der Waals surface area contributed by atoms with E-state index in [4.69, 9.17) is 0 Å². The Kier molecular flexibility index (Phi) is 4.86. The van der Waals surface area contributed by atoms with Gasteiger partial charge in [0.05, 0.1) is 13.6 Å². The number of nitrogens with one attached hydrogen (secondary N) is 1. The van der Waals surface area contributed by atoms with Crippen LogP contribution in [0.15, 0.2) is 54.5 Å². The van der Waals surface area contributed by atoms with Crippen LogP contribution in [0.5, 0.6) is 0 Å². The van der Waals surface area contributed by atoms with Crippen molar-refractivity contribution in [3.8, 4) is 0 Å². The van der Waals surface area contributed by atoms with Gasteiger partial charge >= 0.3 is 0 Å². The Bertz CT molecular complexity index is 797. The molecule has 1 atom stereocenters. The lowest BCUT2D eigenvalue weighted by Gasteiger charge is -2.19. The lowest BCUT2D eigenvalue weighted by molar-refractivity contribution is 0.697. The number of thiophene rings is 1.